The zero-order valence-corrected chi connectivity index (χ0v) is 11.6. The van der Waals surface area contributed by atoms with E-state index in [2.05, 4.69) is 4.98 Å². The normalized spacial score (nSPS) is 10.5. The van der Waals surface area contributed by atoms with Crippen LogP contribution in [0, 0.1) is 25.4 Å². The smallest absolute Gasteiger partial charge is 0.277 e. The van der Waals surface area contributed by atoms with Crippen LogP contribution in [0.2, 0.25) is 0 Å². The Hall–Kier alpha value is -2.73. The van der Waals surface area contributed by atoms with Gasteiger partial charge in [-0.3, -0.25) is 10.1 Å². The Morgan fingerprint density at radius 2 is 1.90 bits per heavy atom. The van der Waals surface area contributed by atoms with E-state index >= 15 is 0 Å². The van der Waals surface area contributed by atoms with Crippen molar-refractivity contribution in [1.29, 1.82) is 0 Å². The van der Waals surface area contributed by atoms with E-state index in [0.717, 1.165) is 21.7 Å². The van der Waals surface area contributed by atoms with Crippen LogP contribution in [0.15, 0.2) is 59.2 Å². The van der Waals surface area contributed by atoms with Crippen molar-refractivity contribution in [1.82, 2.24) is 4.98 Å². The number of nitro benzene ring substituents is 1. The van der Waals surface area contributed by atoms with Crippen LogP contribution in [0.5, 0.6) is 0 Å². The number of benzene rings is 2. The number of aromatic nitrogens is 1. The van der Waals surface area contributed by atoms with Gasteiger partial charge in [0.1, 0.15) is 6.26 Å². The lowest BCUT2D eigenvalue weighted by molar-refractivity contribution is -0.386. The number of H-pyrrole nitrogens is 1. The summed E-state index contributed by atoms with van der Waals surface area (Å²) in [5.74, 6) is 0. The molecule has 0 aliphatic heterocycles. The highest BCUT2D eigenvalue weighted by molar-refractivity contribution is 7.71. The zero-order chi connectivity index (χ0) is 14.8. The molecule has 0 radical (unpaired) electrons. The van der Waals surface area contributed by atoms with Gasteiger partial charge in [0, 0.05) is 11.6 Å². The van der Waals surface area contributed by atoms with E-state index in [1.165, 1.54) is 0 Å². The summed E-state index contributed by atoms with van der Waals surface area (Å²) in [6.07, 6.45) is 1.62. The van der Waals surface area contributed by atoms with Crippen molar-refractivity contribution >= 4 is 17.9 Å². The molecule has 0 saturated carbocycles. The number of nitrogens with zero attached hydrogens (tertiary/aromatic N) is 1. The van der Waals surface area contributed by atoms with E-state index in [9.17, 15) is 10.1 Å². The molecule has 0 amide bonds. The molecule has 6 heteroatoms. The first-order chi connectivity index (χ1) is 10.1. The molecule has 2 aliphatic rings. The van der Waals surface area contributed by atoms with Crippen molar-refractivity contribution < 1.29 is 9.34 Å². The van der Waals surface area contributed by atoms with E-state index in [1.54, 1.807) is 18.4 Å². The van der Waals surface area contributed by atoms with Crippen LogP contribution in [-0.4, -0.2) is 9.91 Å². The van der Waals surface area contributed by atoms with Gasteiger partial charge >= 0.3 is 0 Å². The second-order valence-corrected chi connectivity index (χ2v) is 4.79. The summed E-state index contributed by atoms with van der Waals surface area (Å²) < 4.78 is 4.98. The maximum atomic E-state index is 10.0. The fourth-order valence-electron chi connectivity index (χ4n) is 1.96. The Morgan fingerprint density at radius 1 is 1.14 bits per heavy atom. The first-order valence-electron chi connectivity index (χ1n) is 6.17. The molecular formula is C15H10N2O3S. The summed E-state index contributed by atoms with van der Waals surface area (Å²) in [5.41, 5.74) is 2.26. The molecule has 104 valence electrons. The molecule has 0 spiro atoms. The van der Waals surface area contributed by atoms with Crippen molar-refractivity contribution in [3.8, 4) is 11.3 Å². The third-order valence-electron chi connectivity index (χ3n) is 3.11. The second kappa shape index (κ2) is 5.34. The van der Waals surface area contributed by atoms with Crippen LogP contribution >= 0.6 is 12.2 Å². The number of hydrogen-bond donors (Lipinski definition) is 1. The van der Waals surface area contributed by atoms with Gasteiger partial charge in [-0.25, -0.2) is 0 Å². The molecule has 0 atom stereocenters. The zero-order valence-electron chi connectivity index (χ0n) is 10.8. The van der Waals surface area contributed by atoms with Crippen molar-refractivity contribution in [2.75, 3.05) is 0 Å². The molecule has 1 aromatic heterocycles. The minimum Gasteiger partial charge on any atom is -0.437 e. The van der Waals surface area contributed by atoms with E-state index in [4.69, 9.17) is 16.6 Å². The van der Waals surface area contributed by atoms with Gasteiger partial charge in [0.15, 0.2) is 0 Å². The highest BCUT2D eigenvalue weighted by Gasteiger charge is 2.15. The fourth-order valence-corrected chi connectivity index (χ4v) is 2.12. The molecular weight excluding hydrogens is 288 g/mol. The van der Waals surface area contributed by atoms with Gasteiger partial charge in [-0.2, -0.15) is 0 Å². The lowest BCUT2D eigenvalue weighted by atomic mass is 10.1. The first-order valence-corrected chi connectivity index (χ1v) is 6.58. The van der Waals surface area contributed by atoms with Crippen LogP contribution in [0.1, 0.15) is 0 Å². The SMILES string of the molecule is O=[N+]([O-])c1cc2ccc1=2.S=c1[nH]c(-c2ccccc2)co1. The van der Waals surface area contributed by atoms with Gasteiger partial charge in [-0.05, 0) is 23.5 Å². The number of nitro groups is 1. The summed E-state index contributed by atoms with van der Waals surface area (Å²) in [4.78, 5) is 13.0. The summed E-state index contributed by atoms with van der Waals surface area (Å²) in [5, 5.41) is 11.9. The molecule has 1 N–H and O–H groups in total. The third-order valence-corrected chi connectivity index (χ3v) is 3.31. The summed E-state index contributed by atoms with van der Waals surface area (Å²) in [7, 11) is 0. The van der Waals surface area contributed by atoms with E-state index in [0.29, 0.717) is 4.84 Å². The maximum absolute atomic E-state index is 10.0. The van der Waals surface area contributed by atoms with Gasteiger partial charge in [0.25, 0.3) is 10.5 Å². The molecule has 0 fully saturated rings. The van der Waals surface area contributed by atoms with Crippen molar-refractivity contribution in [3.05, 3.63) is 80.2 Å². The lowest BCUT2D eigenvalue weighted by Crippen LogP contribution is -1.96. The van der Waals surface area contributed by atoms with Crippen molar-refractivity contribution in [2.24, 2.45) is 0 Å². The fraction of sp³-hybridized carbons (Fsp3) is 0. The second-order valence-electron chi connectivity index (χ2n) is 4.42. The van der Waals surface area contributed by atoms with E-state index < -0.39 is 0 Å². The predicted molar refractivity (Wildman–Crippen MR) is 80.1 cm³/mol. The van der Waals surface area contributed by atoms with Crippen LogP contribution < -0.4 is 0 Å². The predicted octanol–water partition coefficient (Wildman–Crippen LogP) is 4.20. The molecule has 1 heterocycles. The minimum absolute atomic E-state index is 0.257. The molecule has 5 nitrogen and oxygen atoms in total. The average Bonchev–Trinajstić information content (AvgIpc) is 2.90. The van der Waals surface area contributed by atoms with Crippen molar-refractivity contribution in [3.63, 3.8) is 0 Å². The molecule has 0 unspecified atom stereocenters. The Kier molecular flexibility index (Phi) is 3.37. The van der Waals surface area contributed by atoms with E-state index in [-0.39, 0.29) is 10.6 Å². The molecule has 21 heavy (non-hydrogen) atoms. The highest BCUT2D eigenvalue weighted by atomic mass is 32.1. The minimum atomic E-state index is -0.359. The topological polar surface area (TPSA) is 72.1 Å². The number of hydrogen-bond acceptors (Lipinski definition) is 4. The Morgan fingerprint density at radius 3 is 2.29 bits per heavy atom. The number of nitrogens with one attached hydrogen (secondary N) is 1. The highest BCUT2D eigenvalue weighted by Crippen LogP contribution is 2.22. The molecule has 1 aromatic carbocycles. The number of non-ortho nitro benzene ring substituents is 1. The Bertz CT molecular complexity index is 945. The Balaban J connectivity index is 0.000000131. The lowest BCUT2D eigenvalue weighted by Gasteiger charge is -2.01. The molecule has 0 saturated heterocycles. The average molecular weight is 298 g/mol. The van der Waals surface area contributed by atoms with Crippen molar-refractivity contribution in [2.45, 2.75) is 0 Å². The van der Waals surface area contributed by atoms with Gasteiger partial charge in [0.2, 0.25) is 0 Å². The number of rotatable bonds is 2. The largest absolute Gasteiger partial charge is 0.437 e. The molecule has 0 bridgehead atoms. The van der Waals surface area contributed by atoms with Crippen LogP contribution in [0.4, 0.5) is 5.69 Å². The number of aromatic amines is 1. The molecule has 2 aromatic rings. The van der Waals surface area contributed by atoms with Crippen LogP contribution in [-0.2, 0) is 0 Å². The third kappa shape index (κ3) is 2.61. The Labute approximate surface area is 124 Å². The maximum Gasteiger partial charge on any atom is 0.277 e. The first kappa shape index (κ1) is 13.3. The van der Waals surface area contributed by atoms with Gasteiger partial charge in [-0.1, -0.05) is 36.4 Å². The van der Waals surface area contributed by atoms with E-state index in [1.807, 2.05) is 36.4 Å². The summed E-state index contributed by atoms with van der Waals surface area (Å²) >= 11 is 4.81. The molecule has 4 rings (SSSR count). The monoisotopic (exact) mass is 298 g/mol. The summed E-state index contributed by atoms with van der Waals surface area (Å²) in [6, 6.07) is 15.1. The van der Waals surface area contributed by atoms with Gasteiger partial charge in [0.05, 0.1) is 15.8 Å². The number of oxazole rings is 1. The van der Waals surface area contributed by atoms with Crippen LogP contribution in [0.25, 0.3) is 11.3 Å². The van der Waals surface area contributed by atoms with Gasteiger partial charge in [-0.15, -0.1) is 0 Å². The van der Waals surface area contributed by atoms with Crippen LogP contribution in [0.3, 0.4) is 0 Å². The summed E-state index contributed by atoms with van der Waals surface area (Å²) in [6.45, 7) is 0. The molecule has 2 aliphatic carbocycles. The standard InChI is InChI=1S/C9H7NOS.C6H3NO2/c12-9-10-8(6-11-9)7-4-2-1-3-5-7;8-7(9)6-3-4-1-2-5(4)6/h1-6H,(H,10,12);1-3H. The quantitative estimate of drug-likeness (QED) is 0.342. The van der Waals surface area contributed by atoms with Gasteiger partial charge < -0.3 is 9.40 Å².